The molecule has 1 unspecified atom stereocenters. The smallest absolute Gasteiger partial charge is 0.273 e. The molecule has 1 atom stereocenters. The van der Waals surface area contributed by atoms with Crippen molar-refractivity contribution in [3.05, 3.63) is 70.2 Å². The fraction of sp³-hybridized carbons (Fsp3) is 0.238. The molecule has 4 rings (SSSR count). The number of halogens is 1. The Hall–Kier alpha value is -2.37. The van der Waals surface area contributed by atoms with E-state index in [9.17, 15) is 4.79 Å². The van der Waals surface area contributed by atoms with Crippen molar-refractivity contribution in [2.45, 2.75) is 12.3 Å². The second-order valence-corrected chi connectivity index (χ2v) is 7.85. The first-order chi connectivity index (χ1) is 13.1. The summed E-state index contributed by atoms with van der Waals surface area (Å²) >= 11 is 7.42. The highest BCUT2D eigenvalue weighted by Crippen LogP contribution is 2.30. The largest absolute Gasteiger partial charge is 0.497 e. The fourth-order valence-corrected chi connectivity index (χ4v) is 4.28. The van der Waals surface area contributed by atoms with Gasteiger partial charge < -0.3 is 9.64 Å². The van der Waals surface area contributed by atoms with Gasteiger partial charge >= 0.3 is 0 Å². The first kappa shape index (κ1) is 18.0. The van der Waals surface area contributed by atoms with Crippen LogP contribution in [0.3, 0.4) is 0 Å². The van der Waals surface area contributed by atoms with E-state index in [4.69, 9.17) is 16.3 Å². The maximum Gasteiger partial charge on any atom is 0.273 e. The zero-order chi connectivity index (χ0) is 18.8. The predicted octanol–water partition coefficient (Wildman–Crippen LogP) is 5.10. The van der Waals surface area contributed by atoms with E-state index in [0.717, 1.165) is 35.8 Å². The maximum atomic E-state index is 12.9. The lowest BCUT2D eigenvalue weighted by atomic mass is 9.98. The van der Waals surface area contributed by atoms with Crippen molar-refractivity contribution in [2.24, 2.45) is 0 Å². The number of hydrogen-bond acceptors (Lipinski definition) is 4. The van der Waals surface area contributed by atoms with E-state index in [1.54, 1.807) is 7.11 Å². The minimum Gasteiger partial charge on any atom is -0.497 e. The highest BCUT2D eigenvalue weighted by molar-refractivity contribution is 7.13. The highest BCUT2D eigenvalue weighted by atomic mass is 35.5. The summed E-state index contributed by atoms with van der Waals surface area (Å²) in [5.41, 5.74) is 2.73. The molecule has 1 aliphatic rings. The van der Waals surface area contributed by atoms with Gasteiger partial charge in [0.05, 0.1) is 7.11 Å². The molecule has 2 aromatic carbocycles. The summed E-state index contributed by atoms with van der Waals surface area (Å²) < 4.78 is 5.22. The van der Waals surface area contributed by atoms with E-state index in [-0.39, 0.29) is 5.91 Å². The van der Waals surface area contributed by atoms with Crippen LogP contribution >= 0.6 is 22.9 Å². The van der Waals surface area contributed by atoms with E-state index >= 15 is 0 Å². The lowest BCUT2D eigenvalue weighted by molar-refractivity contribution is 0.0786. The van der Waals surface area contributed by atoms with Gasteiger partial charge in [-0.25, -0.2) is 4.98 Å². The van der Waals surface area contributed by atoms with Crippen LogP contribution in [0.4, 0.5) is 0 Å². The number of benzene rings is 2. The lowest BCUT2D eigenvalue weighted by Crippen LogP contribution is -2.28. The number of likely N-dealkylation sites (tertiary alicyclic amines) is 1. The van der Waals surface area contributed by atoms with Gasteiger partial charge in [-0.3, -0.25) is 4.79 Å². The summed E-state index contributed by atoms with van der Waals surface area (Å²) in [6, 6.07) is 15.6. The number of carbonyl (C=O) groups excluding carboxylic acids is 1. The van der Waals surface area contributed by atoms with E-state index in [0.29, 0.717) is 16.6 Å². The van der Waals surface area contributed by atoms with Crippen LogP contribution < -0.4 is 4.74 Å². The SMILES string of the molecule is COc1ccc(C2CCN(C(=O)c3csc(-c4ccc(Cl)cc4)n3)C2)cc1. The van der Waals surface area contributed by atoms with Gasteiger partial charge in [-0.1, -0.05) is 35.9 Å². The van der Waals surface area contributed by atoms with E-state index in [2.05, 4.69) is 17.1 Å². The minimum atomic E-state index is 0.00229. The van der Waals surface area contributed by atoms with Gasteiger partial charge in [0.25, 0.3) is 5.91 Å². The van der Waals surface area contributed by atoms with Crippen LogP contribution in [0.5, 0.6) is 5.75 Å². The molecule has 0 saturated carbocycles. The molecule has 1 saturated heterocycles. The Balaban J connectivity index is 1.45. The van der Waals surface area contributed by atoms with Crippen molar-refractivity contribution < 1.29 is 9.53 Å². The number of aromatic nitrogens is 1. The predicted molar refractivity (Wildman–Crippen MR) is 109 cm³/mol. The molecule has 0 N–H and O–H groups in total. The molecule has 0 radical (unpaired) electrons. The Morgan fingerprint density at radius 1 is 1.19 bits per heavy atom. The van der Waals surface area contributed by atoms with Gasteiger partial charge in [-0.15, -0.1) is 11.3 Å². The molecular formula is C21H19ClN2O2S. The van der Waals surface area contributed by atoms with Crippen LogP contribution in [0.1, 0.15) is 28.4 Å². The third-order valence-electron chi connectivity index (χ3n) is 4.88. The van der Waals surface area contributed by atoms with E-state index in [1.165, 1.54) is 16.9 Å². The molecule has 27 heavy (non-hydrogen) atoms. The Labute approximate surface area is 167 Å². The normalized spacial score (nSPS) is 16.5. The molecule has 1 fully saturated rings. The number of carbonyl (C=O) groups is 1. The van der Waals surface area contributed by atoms with Crippen molar-refractivity contribution in [3.8, 4) is 16.3 Å². The van der Waals surface area contributed by atoms with Crippen LogP contribution in [-0.2, 0) is 0 Å². The van der Waals surface area contributed by atoms with Crippen molar-refractivity contribution in [1.82, 2.24) is 9.88 Å². The van der Waals surface area contributed by atoms with Gasteiger partial charge in [-0.2, -0.15) is 0 Å². The molecule has 0 aliphatic carbocycles. The van der Waals surface area contributed by atoms with Crippen LogP contribution in [0, 0.1) is 0 Å². The molecule has 0 spiro atoms. The molecule has 138 valence electrons. The number of amides is 1. The Bertz CT molecular complexity index is 938. The number of rotatable bonds is 4. The minimum absolute atomic E-state index is 0.00229. The van der Waals surface area contributed by atoms with E-state index in [1.807, 2.05) is 46.7 Å². The summed E-state index contributed by atoms with van der Waals surface area (Å²) in [6.45, 7) is 1.47. The second-order valence-electron chi connectivity index (χ2n) is 6.55. The molecule has 3 aromatic rings. The van der Waals surface area contributed by atoms with Crippen molar-refractivity contribution in [1.29, 1.82) is 0 Å². The summed E-state index contributed by atoms with van der Waals surface area (Å²) in [5.74, 6) is 1.21. The topological polar surface area (TPSA) is 42.4 Å². The van der Waals surface area contributed by atoms with Gasteiger partial charge in [0.1, 0.15) is 16.5 Å². The summed E-state index contributed by atoms with van der Waals surface area (Å²) in [4.78, 5) is 19.3. The third kappa shape index (κ3) is 3.84. The van der Waals surface area contributed by atoms with Crippen LogP contribution in [-0.4, -0.2) is 36.0 Å². The fourth-order valence-electron chi connectivity index (χ4n) is 3.35. The monoisotopic (exact) mass is 398 g/mol. The third-order valence-corrected chi connectivity index (χ3v) is 6.02. The Morgan fingerprint density at radius 3 is 2.63 bits per heavy atom. The Morgan fingerprint density at radius 2 is 1.93 bits per heavy atom. The molecule has 4 nitrogen and oxygen atoms in total. The molecule has 2 heterocycles. The first-order valence-corrected chi connectivity index (χ1v) is 10.0. The number of thiazole rings is 1. The van der Waals surface area contributed by atoms with Crippen molar-refractivity contribution in [2.75, 3.05) is 20.2 Å². The zero-order valence-electron chi connectivity index (χ0n) is 14.9. The summed E-state index contributed by atoms with van der Waals surface area (Å²) in [7, 11) is 1.66. The standard InChI is InChI=1S/C21H19ClN2O2S/c1-26-18-8-4-14(5-9-18)16-10-11-24(12-16)21(25)19-13-27-20(23-19)15-2-6-17(22)7-3-15/h2-9,13,16H,10-12H2,1H3. The molecule has 1 aliphatic heterocycles. The lowest BCUT2D eigenvalue weighted by Gasteiger charge is -2.15. The first-order valence-electron chi connectivity index (χ1n) is 8.79. The van der Waals surface area contributed by atoms with Gasteiger partial charge in [-0.05, 0) is 36.2 Å². The van der Waals surface area contributed by atoms with Crippen LogP contribution in [0.2, 0.25) is 5.02 Å². The van der Waals surface area contributed by atoms with Crippen molar-refractivity contribution in [3.63, 3.8) is 0 Å². The molecule has 1 aromatic heterocycles. The average Bonchev–Trinajstić information content (AvgIpc) is 3.38. The van der Waals surface area contributed by atoms with Gasteiger partial charge in [0.2, 0.25) is 0 Å². The zero-order valence-corrected chi connectivity index (χ0v) is 16.5. The molecule has 0 bridgehead atoms. The number of methoxy groups -OCH3 is 1. The van der Waals surface area contributed by atoms with Crippen LogP contribution in [0.25, 0.3) is 10.6 Å². The quantitative estimate of drug-likeness (QED) is 0.613. The Kier molecular flexibility index (Phi) is 5.14. The molecule has 6 heteroatoms. The summed E-state index contributed by atoms with van der Waals surface area (Å²) in [6.07, 6.45) is 0.965. The summed E-state index contributed by atoms with van der Waals surface area (Å²) in [5, 5.41) is 3.36. The number of nitrogens with zero attached hydrogens (tertiary/aromatic N) is 2. The van der Waals surface area contributed by atoms with Crippen LogP contribution in [0.15, 0.2) is 53.9 Å². The van der Waals surface area contributed by atoms with Gasteiger partial charge in [0.15, 0.2) is 0 Å². The number of ether oxygens (including phenoxy) is 1. The van der Waals surface area contributed by atoms with Gasteiger partial charge in [0, 0.05) is 35.0 Å². The van der Waals surface area contributed by atoms with Crippen molar-refractivity contribution >= 4 is 28.8 Å². The maximum absolute atomic E-state index is 12.9. The average molecular weight is 399 g/mol. The highest BCUT2D eigenvalue weighted by Gasteiger charge is 2.29. The van der Waals surface area contributed by atoms with E-state index < -0.39 is 0 Å². The second kappa shape index (κ2) is 7.71. The number of hydrogen-bond donors (Lipinski definition) is 0. The molecule has 1 amide bonds. The molecular weight excluding hydrogens is 380 g/mol.